The van der Waals surface area contributed by atoms with E-state index in [0.717, 1.165) is 33.6 Å². The lowest BCUT2D eigenvalue weighted by Gasteiger charge is -2.26. The average molecular weight is 566 g/mol. The van der Waals surface area contributed by atoms with Crippen LogP contribution in [0.5, 0.6) is 23.3 Å². The SMILES string of the molecule is COc1ccc(Cc2nc3c4c(ncn3n2)Oc2c(c(C)nn2-c2cccc(Cl)c2)[C@H]4c2cccnc2)cc1OC. The Bertz CT molecular complexity index is 1920. The van der Waals surface area contributed by atoms with E-state index < -0.39 is 0 Å². The molecule has 11 heteroatoms. The van der Waals surface area contributed by atoms with Crippen molar-refractivity contribution in [1.82, 2.24) is 34.3 Å². The zero-order valence-corrected chi connectivity index (χ0v) is 23.2. The van der Waals surface area contributed by atoms with Gasteiger partial charge in [-0.05, 0) is 54.4 Å². The molecule has 0 aliphatic carbocycles. The number of aryl methyl sites for hydroxylation is 1. The highest BCUT2D eigenvalue weighted by molar-refractivity contribution is 6.30. The number of ether oxygens (including phenoxy) is 3. The fourth-order valence-electron chi connectivity index (χ4n) is 5.33. The third kappa shape index (κ3) is 4.23. The van der Waals surface area contributed by atoms with Gasteiger partial charge in [-0.25, -0.2) is 19.2 Å². The maximum atomic E-state index is 6.48. The number of pyridine rings is 1. The number of nitrogens with zero attached hydrogens (tertiary/aromatic N) is 7. The number of hydrogen-bond acceptors (Lipinski definition) is 8. The first-order valence-electron chi connectivity index (χ1n) is 12.9. The van der Waals surface area contributed by atoms with Crippen LogP contribution >= 0.6 is 11.6 Å². The highest BCUT2D eigenvalue weighted by Crippen LogP contribution is 2.49. The third-order valence-corrected chi connectivity index (χ3v) is 7.38. The minimum absolute atomic E-state index is 0.287. The van der Waals surface area contributed by atoms with E-state index in [1.165, 1.54) is 0 Å². The normalized spacial score (nSPS) is 13.9. The van der Waals surface area contributed by atoms with Gasteiger partial charge >= 0.3 is 0 Å². The number of rotatable bonds is 6. The predicted octanol–water partition coefficient (Wildman–Crippen LogP) is 5.56. The van der Waals surface area contributed by atoms with Gasteiger partial charge in [0.05, 0.1) is 42.6 Å². The van der Waals surface area contributed by atoms with E-state index >= 15 is 0 Å². The zero-order chi connectivity index (χ0) is 28.1. The molecular weight excluding hydrogens is 542 g/mol. The second-order valence-corrected chi connectivity index (χ2v) is 10.1. The number of methoxy groups -OCH3 is 2. The van der Waals surface area contributed by atoms with Crippen LogP contribution in [-0.4, -0.2) is 48.6 Å². The van der Waals surface area contributed by atoms with Gasteiger partial charge in [0.15, 0.2) is 23.0 Å². The summed E-state index contributed by atoms with van der Waals surface area (Å²) < 4.78 is 20.8. The van der Waals surface area contributed by atoms with Gasteiger partial charge in [0.2, 0.25) is 11.8 Å². The summed E-state index contributed by atoms with van der Waals surface area (Å²) in [5.41, 5.74) is 5.91. The van der Waals surface area contributed by atoms with E-state index in [1.54, 1.807) is 35.9 Å². The van der Waals surface area contributed by atoms with Crippen molar-refractivity contribution in [2.75, 3.05) is 14.2 Å². The van der Waals surface area contributed by atoms with Crippen LogP contribution in [0.15, 0.2) is 73.3 Å². The zero-order valence-electron chi connectivity index (χ0n) is 22.4. The molecule has 0 fully saturated rings. The van der Waals surface area contributed by atoms with Crippen molar-refractivity contribution < 1.29 is 14.2 Å². The first kappa shape index (κ1) is 25.0. The Balaban J connectivity index is 1.38. The molecule has 7 rings (SSSR count). The second kappa shape index (κ2) is 9.90. The lowest BCUT2D eigenvalue weighted by molar-refractivity contribution is 0.354. The predicted molar refractivity (Wildman–Crippen MR) is 152 cm³/mol. The first-order valence-corrected chi connectivity index (χ1v) is 13.3. The maximum Gasteiger partial charge on any atom is 0.230 e. The van der Waals surface area contributed by atoms with Crippen molar-refractivity contribution in [1.29, 1.82) is 0 Å². The largest absolute Gasteiger partial charge is 0.493 e. The molecule has 0 spiro atoms. The Kier molecular flexibility index (Phi) is 6.05. The van der Waals surface area contributed by atoms with Crippen LogP contribution in [0.2, 0.25) is 5.02 Å². The molecule has 1 aliphatic heterocycles. The number of benzene rings is 2. The van der Waals surface area contributed by atoms with Crippen LogP contribution in [0.3, 0.4) is 0 Å². The molecule has 5 heterocycles. The van der Waals surface area contributed by atoms with Crippen molar-refractivity contribution >= 4 is 17.2 Å². The van der Waals surface area contributed by atoms with E-state index in [9.17, 15) is 0 Å². The molecule has 6 aromatic rings. The Morgan fingerprint density at radius 2 is 1.85 bits per heavy atom. The quantitative estimate of drug-likeness (QED) is 0.258. The van der Waals surface area contributed by atoms with Gasteiger partial charge in [0.25, 0.3) is 0 Å². The molecule has 0 amide bonds. The number of hydrogen-bond donors (Lipinski definition) is 0. The van der Waals surface area contributed by atoms with E-state index in [2.05, 4.69) is 9.97 Å². The molecule has 204 valence electrons. The molecule has 0 radical (unpaired) electrons. The average Bonchev–Trinajstić information content (AvgIpc) is 3.56. The van der Waals surface area contributed by atoms with E-state index in [1.807, 2.05) is 67.7 Å². The molecule has 41 heavy (non-hydrogen) atoms. The maximum absolute atomic E-state index is 6.48. The van der Waals surface area contributed by atoms with Crippen LogP contribution < -0.4 is 14.2 Å². The minimum Gasteiger partial charge on any atom is -0.493 e. The molecule has 0 bridgehead atoms. The summed E-state index contributed by atoms with van der Waals surface area (Å²) in [7, 11) is 3.23. The molecule has 4 aromatic heterocycles. The minimum atomic E-state index is -0.287. The Morgan fingerprint density at radius 1 is 0.976 bits per heavy atom. The van der Waals surface area contributed by atoms with Crippen LogP contribution in [0.25, 0.3) is 11.3 Å². The molecular formula is C30H24ClN7O3. The third-order valence-electron chi connectivity index (χ3n) is 7.14. The van der Waals surface area contributed by atoms with E-state index in [0.29, 0.717) is 46.2 Å². The van der Waals surface area contributed by atoms with Gasteiger partial charge in [0.1, 0.15) is 6.33 Å². The van der Waals surface area contributed by atoms with Crippen molar-refractivity contribution in [2.24, 2.45) is 0 Å². The number of halogens is 1. The summed E-state index contributed by atoms with van der Waals surface area (Å²) in [5, 5.41) is 10.2. The van der Waals surface area contributed by atoms with E-state index in [4.69, 9.17) is 41.0 Å². The summed E-state index contributed by atoms with van der Waals surface area (Å²) >= 11 is 6.31. The number of aromatic nitrogens is 7. The standard InChI is InChI=1S/C30H24ClN7O3/c1-17-25-26(19-6-5-11-32-15-19)27-28-34-24(13-18-9-10-22(39-2)23(12-18)40-3)36-37(28)16-33-29(27)41-30(25)38(35-17)21-8-4-7-20(31)14-21/h4-12,14-16,26H,13H2,1-3H3/t26-/m1/s1. The van der Waals surface area contributed by atoms with Crippen molar-refractivity contribution in [3.8, 4) is 28.9 Å². The summed E-state index contributed by atoms with van der Waals surface area (Å²) in [6.07, 6.45) is 5.72. The van der Waals surface area contributed by atoms with Gasteiger partial charge < -0.3 is 14.2 Å². The lowest BCUT2D eigenvalue weighted by atomic mass is 9.85. The topological polar surface area (TPSA) is 101 Å². The molecule has 10 nitrogen and oxygen atoms in total. The van der Waals surface area contributed by atoms with Crippen LogP contribution in [0.1, 0.15) is 39.7 Å². The Labute approximate surface area is 240 Å². The van der Waals surface area contributed by atoms with Gasteiger partial charge in [-0.15, -0.1) is 5.10 Å². The lowest BCUT2D eigenvalue weighted by Crippen LogP contribution is -2.16. The van der Waals surface area contributed by atoms with Crippen LogP contribution in [0.4, 0.5) is 0 Å². The van der Waals surface area contributed by atoms with Crippen molar-refractivity contribution in [3.05, 3.63) is 112 Å². The Hall–Kier alpha value is -4.96. The highest BCUT2D eigenvalue weighted by atomic mass is 35.5. The summed E-state index contributed by atoms with van der Waals surface area (Å²) in [6.45, 7) is 1.97. The molecule has 1 atom stereocenters. The fraction of sp³-hybridized carbons (Fsp3) is 0.167. The molecule has 0 saturated carbocycles. The molecule has 0 unspecified atom stereocenters. The van der Waals surface area contributed by atoms with Gasteiger partial charge in [-0.3, -0.25) is 4.98 Å². The van der Waals surface area contributed by atoms with Crippen molar-refractivity contribution in [2.45, 2.75) is 19.3 Å². The highest BCUT2D eigenvalue weighted by Gasteiger charge is 2.38. The number of fused-ring (bicyclic) bond motifs is 4. The smallest absolute Gasteiger partial charge is 0.230 e. The van der Waals surface area contributed by atoms with Gasteiger partial charge in [-0.1, -0.05) is 29.8 Å². The van der Waals surface area contributed by atoms with Gasteiger partial charge in [0, 0.05) is 23.8 Å². The fourth-order valence-corrected chi connectivity index (χ4v) is 5.52. The van der Waals surface area contributed by atoms with Crippen molar-refractivity contribution in [3.63, 3.8) is 0 Å². The van der Waals surface area contributed by atoms with E-state index in [-0.39, 0.29) is 5.92 Å². The monoisotopic (exact) mass is 565 g/mol. The molecule has 1 aliphatic rings. The van der Waals surface area contributed by atoms with Crippen LogP contribution in [0, 0.1) is 6.92 Å². The Morgan fingerprint density at radius 3 is 2.63 bits per heavy atom. The van der Waals surface area contributed by atoms with Crippen LogP contribution in [-0.2, 0) is 6.42 Å². The van der Waals surface area contributed by atoms with Gasteiger partial charge in [-0.2, -0.15) is 5.10 Å². The first-order chi connectivity index (χ1) is 20.0. The molecule has 0 saturated heterocycles. The molecule has 2 aromatic carbocycles. The summed E-state index contributed by atoms with van der Waals surface area (Å²) in [5.74, 6) is 2.68. The summed E-state index contributed by atoms with van der Waals surface area (Å²) in [4.78, 5) is 14.0. The summed E-state index contributed by atoms with van der Waals surface area (Å²) in [6, 6.07) is 17.2. The molecule has 0 N–H and O–H groups in total. The second-order valence-electron chi connectivity index (χ2n) is 9.64.